The van der Waals surface area contributed by atoms with Crippen LogP contribution in [0, 0.1) is 19.7 Å². The largest absolute Gasteiger partial charge is 0.352 e. The Kier molecular flexibility index (Phi) is 6.93. The first kappa shape index (κ1) is 25.9. The number of aryl methyl sites for hydroxylation is 2. The van der Waals surface area contributed by atoms with Crippen LogP contribution in [0.1, 0.15) is 34.5 Å². The van der Waals surface area contributed by atoms with Crippen molar-refractivity contribution in [3.8, 4) is 11.1 Å². The summed E-state index contributed by atoms with van der Waals surface area (Å²) >= 11 is 1.07. The Labute approximate surface area is 222 Å². The second-order valence-corrected chi connectivity index (χ2v) is 12.2. The van der Waals surface area contributed by atoms with Crippen LogP contribution in [0.2, 0.25) is 0 Å². The number of hydrogen-bond acceptors (Lipinski definition) is 8. The van der Waals surface area contributed by atoms with Gasteiger partial charge < -0.3 is 10.6 Å². The molecular weight excluding hydrogens is 529 g/mol. The van der Waals surface area contributed by atoms with E-state index in [1.807, 2.05) is 19.1 Å². The highest BCUT2D eigenvalue weighted by Gasteiger charge is 2.39. The summed E-state index contributed by atoms with van der Waals surface area (Å²) in [5.74, 6) is -1.25. The molecule has 1 aliphatic carbocycles. The minimum Gasteiger partial charge on any atom is -0.352 e. The maximum Gasteiger partial charge on any atom is 0.246 e. The summed E-state index contributed by atoms with van der Waals surface area (Å²) in [5.41, 5.74) is 2.94. The second kappa shape index (κ2) is 10.2. The molecule has 0 bridgehead atoms. The maximum absolute atomic E-state index is 13.7. The molecule has 1 unspecified atom stereocenters. The van der Waals surface area contributed by atoms with Crippen LogP contribution in [-0.2, 0) is 19.4 Å². The third-order valence-electron chi connectivity index (χ3n) is 6.10. The summed E-state index contributed by atoms with van der Waals surface area (Å²) in [6.07, 6.45) is 5.16. The SMILES string of the molecule is Cc1ncc(-c2cc(C)c3nc(C(C(=O)NCC(=O)NC4CC4)S(=O)(=O)c4ccc(F)cc4)sc3c2)cn1. The number of sulfone groups is 1. The van der Waals surface area contributed by atoms with Gasteiger partial charge in [-0.2, -0.15) is 0 Å². The van der Waals surface area contributed by atoms with Gasteiger partial charge in [-0.1, -0.05) is 0 Å². The molecule has 2 heterocycles. The number of nitrogens with zero attached hydrogens (tertiary/aromatic N) is 3. The van der Waals surface area contributed by atoms with E-state index in [9.17, 15) is 22.4 Å². The first-order chi connectivity index (χ1) is 18.1. The first-order valence-electron chi connectivity index (χ1n) is 11.9. The van der Waals surface area contributed by atoms with E-state index >= 15 is 0 Å². The zero-order valence-corrected chi connectivity index (χ0v) is 22.2. The zero-order chi connectivity index (χ0) is 27.0. The Hall–Kier alpha value is -3.77. The topological polar surface area (TPSA) is 131 Å². The van der Waals surface area contributed by atoms with Gasteiger partial charge in [0.15, 0.2) is 15.1 Å². The molecule has 4 aromatic rings. The van der Waals surface area contributed by atoms with Gasteiger partial charge in [-0.25, -0.2) is 27.8 Å². The molecule has 2 amide bonds. The Bertz CT molecular complexity index is 1630. The molecule has 1 saturated carbocycles. The molecule has 1 fully saturated rings. The van der Waals surface area contributed by atoms with E-state index in [2.05, 4.69) is 25.6 Å². The highest BCUT2D eigenvalue weighted by Crippen LogP contribution is 2.37. The predicted molar refractivity (Wildman–Crippen MR) is 141 cm³/mol. The number of rotatable bonds is 8. The first-order valence-corrected chi connectivity index (χ1v) is 14.2. The van der Waals surface area contributed by atoms with Crippen molar-refractivity contribution in [1.29, 1.82) is 0 Å². The lowest BCUT2D eigenvalue weighted by atomic mass is 10.1. The van der Waals surface area contributed by atoms with E-state index in [4.69, 9.17) is 0 Å². The molecule has 2 aromatic heterocycles. The van der Waals surface area contributed by atoms with Crippen molar-refractivity contribution < 1.29 is 22.4 Å². The van der Waals surface area contributed by atoms with Gasteiger partial charge in [0.05, 0.1) is 21.7 Å². The summed E-state index contributed by atoms with van der Waals surface area (Å²) in [6.45, 7) is 3.26. The number of carbonyl (C=O) groups is 2. The van der Waals surface area contributed by atoms with E-state index in [1.54, 1.807) is 19.3 Å². The number of benzene rings is 2. The molecular formula is C26H24FN5O4S2. The van der Waals surface area contributed by atoms with Gasteiger partial charge in [0, 0.05) is 24.0 Å². The zero-order valence-electron chi connectivity index (χ0n) is 20.6. The van der Waals surface area contributed by atoms with E-state index in [0.29, 0.717) is 16.0 Å². The smallest absolute Gasteiger partial charge is 0.246 e. The van der Waals surface area contributed by atoms with Crippen LogP contribution in [0.3, 0.4) is 0 Å². The van der Waals surface area contributed by atoms with Crippen molar-refractivity contribution in [1.82, 2.24) is 25.6 Å². The molecule has 12 heteroatoms. The van der Waals surface area contributed by atoms with Crippen LogP contribution in [0.4, 0.5) is 4.39 Å². The van der Waals surface area contributed by atoms with Crippen molar-refractivity contribution in [2.24, 2.45) is 0 Å². The number of hydrogen-bond donors (Lipinski definition) is 2. The fourth-order valence-electron chi connectivity index (χ4n) is 3.95. The molecule has 9 nitrogen and oxygen atoms in total. The molecule has 0 aliphatic heterocycles. The Morgan fingerprint density at radius 3 is 2.42 bits per heavy atom. The van der Waals surface area contributed by atoms with Crippen molar-refractivity contribution >= 4 is 43.2 Å². The summed E-state index contributed by atoms with van der Waals surface area (Å²) < 4.78 is 41.5. The van der Waals surface area contributed by atoms with E-state index < -0.39 is 32.7 Å². The minimum absolute atomic E-state index is 0.0461. The quantitative estimate of drug-likeness (QED) is 0.320. The molecule has 2 aromatic carbocycles. The Morgan fingerprint density at radius 1 is 1.08 bits per heavy atom. The number of nitrogens with one attached hydrogen (secondary N) is 2. The summed E-state index contributed by atoms with van der Waals surface area (Å²) in [6, 6.07) is 8.09. The average Bonchev–Trinajstić information content (AvgIpc) is 3.59. The highest BCUT2D eigenvalue weighted by atomic mass is 32.2. The van der Waals surface area contributed by atoms with Crippen LogP contribution in [0.25, 0.3) is 21.3 Å². The lowest BCUT2D eigenvalue weighted by Crippen LogP contribution is -2.41. The monoisotopic (exact) mass is 553 g/mol. The van der Waals surface area contributed by atoms with Crippen molar-refractivity contribution in [2.75, 3.05) is 6.54 Å². The van der Waals surface area contributed by atoms with Crippen LogP contribution >= 0.6 is 11.3 Å². The molecule has 38 heavy (non-hydrogen) atoms. The number of carbonyl (C=O) groups excluding carboxylic acids is 2. The average molecular weight is 554 g/mol. The molecule has 1 atom stereocenters. The molecule has 5 rings (SSSR count). The van der Waals surface area contributed by atoms with Crippen molar-refractivity contribution in [2.45, 2.75) is 42.9 Å². The normalized spacial score (nSPS) is 14.3. The standard InChI is InChI=1S/C26H24FN5O4S2/c1-14-9-16(17-11-28-15(2)29-12-17)10-21-23(14)32-26(37-21)24(25(34)30-13-22(33)31-19-5-6-19)38(35,36)20-7-3-18(27)4-8-20/h3-4,7-12,19,24H,5-6,13H2,1-2H3,(H,30,34)(H,31,33). The molecule has 0 spiro atoms. The van der Waals surface area contributed by atoms with E-state index in [0.717, 1.165) is 65.1 Å². The fourth-order valence-corrected chi connectivity index (χ4v) is 7.01. The van der Waals surface area contributed by atoms with Gasteiger partial charge in [0.1, 0.15) is 16.6 Å². The number of fused-ring (bicyclic) bond motifs is 1. The van der Waals surface area contributed by atoms with Crippen LogP contribution in [-0.4, -0.2) is 47.8 Å². The van der Waals surface area contributed by atoms with Gasteiger partial charge in [-0.3, -0.25) is 9.59 Å². The fraction of sp³-hybridized carbons (Fsp3) is 0.269. The van der Waals surface area contributed by atoms with Gasteiger partial charge in [0.25, 0.3) is 0 Å². The van der Waals surface area contributed by atoms with Gasteiger partial charge >= 0.3 is 0 Å². The van der Waals surface area contributed by atoms with Crippen LogP contribution in [0.5, 0.6) is 0 Å². The lowest BCUT2D eigenvalue weighted by molar-refractivity contribution is -0.126. The van der Waals surface area contributed by atoms with Gasteiger partial charge in [-0.05, 0) is 74.2 Å². The molecule has 0 saturated heterocycles. The summed E-state index contributed by atoms with van der Waals surface area (Å²) in [7, 11) is -4.34. The number of amides is 2. The van der Waals surface area contributed by atoms with E-state index in [-0.39, 0.29) is 22.5 Å². The number of thiazole rings is 1. The van der Waals surface area contributed by atoms with Crippen LogP contribution in [0.15, 0.2) is 53.7 Å². The minimum atomic E-state index is -4.34. The third kappa shape index (κ3) is 5.41. The van der Waals surface area contributed by atoms with Crippen LogP contribution < -0.4 is 10.6 Å². The van der Waals surface area contributed by atoms with Gasteiger partial charge in [-0.15, -0.1) is 11.3 Å². The second-order valence-electron chi connectivity index (χ2n) is 9.15. The molecule has 2 N–H and O–H groups in total. The summed E-state index contributed by atoms with van der Waals surface area (Å²) in [4.78, 5) is 38.3. The Morgan fingerprint density at radius 2 is 1.76 bits per heavy atom. The number of aromatic nitrogens is 3. The Balaban J connectivity index is 1.54. The molecule has 0 radical (unpaired) electrons. The molecule has 1 aliphatic rings. The van der Waals surface area contributed by atoms with Gasteiger partial charge in [0.2, 0.25) is 11.8 Å². The van der Waals surface area contributed by atoms with E-state index in [1.165, 1.54) is 0 Å². The maximum atomic E-state index is 13.7. The third-order valence-corrected chi connectivity index (χ3v) is 9.30. The number of halogens is 1. The highest BCUT2D eigenvalue weighted by molar-refractivity contribution is 7.92. The lowest BCUT2D eigenvalue weighted by Gasteiger charge is -2.16. The van der Waals surface area contributed by atoms with Crippen molar-refractivity contribution in [3.05, 3.63) is 71.0 Å². The van der Waals surface area contributed by atoms with Crippen molar-refractivity contribution in [3.63, 3.8) is 0 Å². The predicted octanol–water partition coefficient (Wildman–Crippen LogP) is 3.42. The summed E-state index contributed by atoms with van der Waals surface area (Å²) in [5, 5.41) is 3.51. The molecule has 196 valence electrons.